The Morgan fingerprint density at radius 1 is 0.944 bits per heavy atom. The second kappa shape index (κ2) is 4.69. The van der Waals surface area contributed by atoms with Gasteiger partial charge in [0.2, 0.25) is 0 Å². The summed E-state index contributed by atoms with van der Waals surface area (Å²) < 4.78 is 1.06. The average Bonchev–Trinajstić information content (AvgIpc) is 2.39. The molecule has 0 aliphatic heterocycles. The van der Waals surface area contributed by atoms with E-state index in [2.05, 4.69) is 89.1 Å². The quantitative estimate of drug-likeness (QED) is 0.455. The molecule has 3 aromatic rings. The summed E-state index contributed by atoms with van der Waals surface area (Å²) in [5, 5.41) is 2.46. The van der Waals surface area contributed by atoms with Gasteiger partial charge in [-0.25, -0.2) is 4.98 Å². The second-order valence-corrected chi connectivity index (χ2v) is 5.41. The highest BCUT2D eigenvalue weighted by molar-refractivity contribution is 14.1. The minimum Gasteiger partial charge on any atom is -0.241 e. The molecule has 18 heavy (non-hydrogen) atoms. The summed E-state index contributed by atoms with van der Waals surface area (Å²) in [4.78, 5) is 4.69. The minimum absolute atomic E-state index is 1.04. The molecule has 0 aliphatic carbocycles. The molecule has 0 atom stereocenters. The predicted molar refractivity (Wildman–Crippen MR) is 84.6 cm³/mol. The van der Waals surface area contributed by atoms with Gasteiger partial charge in [0.05, 0.1) is 5.69 Å². The van der Waals surface area contributed by atoms with Crippen molar-refractivity contribution in [3.05, 3.63) is 63.9 Å². The van der Waals surface area contributed by atoms with Crippen LogP contribution in [0.2, 0.25) is 0 Å². The third-order valence-electron chi connectivity index (χ3n) is 3.04. The van der Waals surface area contributed by atoms with Crippen molar-refractivity contribution in [2.75, 3.05) is 0 Å². The highest BCUT2D eigenvalue weighted by atomic mass is 127. The van der Waals surface area contributed by atoms with Gasteiger partial charge in [-0.05, 0) is 41.0 Å². The number of hydrogen-bond acceptors (Lipinski definition) is 1. The van der Waals surface area contributed by atoms with E-state index >= 15 is 0 Å². The lowest BCUT2D eigenvalue weighted by atomic mass is 10.1. The molecule has 0 fully saturated rings. The van der Waals surface area contributed by atoms with Crippen molar-refractivity contribution in [1.29, 1.82) is 0 Å². The van der Waals surface area contributed by atoms with Crippen LogP contribution in [0.5, 0.6) is 0 Å². The van der Waals surface area contributed by atoms with E-state index in [4.69, 9.17) is 0 Å². The van der Waals surface area contributed by atoms with Crippen LogP contribution in [0.3, 0.4) is 0 Å². The number of fused-ring (bicyclic) bond motifs is 1. The van der Waals surface area contributed by atoms with E-state index in [0.29, 0.717) is 0 Å². The minimum atomic E-state index is 1.04. The molecular formula is C16H12IN. The lowest BCUT2D eigenvalue weighted by Gasteiger charge is -2.06. The molecule has 0 saturated carbocycles. The maximum atomic E-state index is 4.69. The van der Waals surface area contributed by atoms with Crippen LogP contribution in [0.1, 0.15) is 5.56 Å². The number of nitrogens with zero attached hydrogens (tertiary/aromatic N) is 1. The first-order valence-electron chi connectivity index (χ1n) is 5.86. The third-order valence-corrected chi connectivity index (χ3v) is 3.86. The Morgan fingerprint density at radius 3 is 2.44 bits per heavy atom. The number of benzene rings is 2. The van der Waals surface area contributed by atoms with Crippen LogP contribution in [-0.4, -0.2) is 4.98 Å². The molecule has 0 N–H and O–H groups in total. The van der Waals surface area contributed by atoms with Crippen molar-refractivity contribution < 1.29 is 0 Å². The number of hydrogen-bond donors (Lipinski definition) is 0. The summed E-state index contributed by atoms with van der Waals surface area (Å²) in [6.07, 6.45) is 0. The Hall–Kier alpha value is -1.42. The van der Waals surface area contributed by atoms with E-state index in [9.17, 15) is 0 Å². The monoisotopic (exact) mass is 345 g/mol. The normalized spacial score (nSPS) is 10.8. The van der Waals surface area contributed by atoms with Gasteiger partial charge in [0.25, 0.3) is 0 Å². The van der Waals surface area contributed by atoms with Gasteiger partial charge in [0, 0.05) is 10.9 Å². The van der Waals surface area contributed by atoms with Crippen LogP contribution in [0, 0.1) is 10.6 Å². The van der Waals surface area contributed by atoms with Gasteiger partial charge < -0.3 is 0 Å². The molecule has 0 bridgehead atoms. The summed E-state index contributed by atoms with van der Waals surface area (Å²) in [6.45, 7) is 2.10. The molecule has 1 nitrogen and oxygen atoms in total. The van der Waals surface area contributed by atoms with E-state index in [1.54, 1.807) is 0 Å². The number of pyridine rings is 1. The van der Waals surface area contributed by atoms with Gasteiger partial charge in [-0.15, -0.1) is 0 Å². The number of aromatic nitrogens is 1. The fraction of sp³-hybridized carbons (Fsp3) is 0.0625. The van der Waals surface area contributed by atoms with Crippen molar-refractivity contribution in [3.8, 4) is 11.3 Å². The van der Waals surface area contributed by atoms with E-state index in [-0.39, 0.29) is 0 Å². The zero-order valence-electron chi connectivity index (χ0n) is 10.0. The Labute approximate surface area is 120 Å². The van der Waals surface area contributed by atoms with Crippen molar-refractivity contribution in [1.82, 2.24) is 4.98 Å². The van der Waals surface area contributed by atoms with Gasteiger partial charge >= 0.3 is 0 Å². The lowest BCUT2D eigenvalue weighted by molar-refractivity contribution is 1.30. The largest absolute Gasteiger partial charge is 0.241 e. The summed E-state index contributed by atoms with van der Waals surface area (Å²) >= 11 is 2.31. The highest BCUT2D eigenvalue weighted by Crippen LogP contribution is 2.25. The summed E-state index contributed by atoms with van der Waals surface area (Å²) in [5.41, 5.74) is 3.48. The summed E-state index contributed by atoms with van der Waals surface area (Å²) in [7, 11) is 0. The maximum Gasteiger partial charge on any atom is 0.109 e. The Balaban J connectivity index is 2.21. The number of rotatable bonds is 1. The number of halogens is 1. The van der Waals surface area contributed by atoms with Crippen LogP contribution in [-0.2, 0) is 0 Å². The Kier molecular flexibility index (Phi) is 3.04. The molecule has 0 unspecified atom stereocenters. The van der Waals surface area contributed by atoms with E-state index in [0.717, 1.165) is 9.39 Å². The molecule has 2 heteroatoms. The first-order chi connectivity index (χ1) is 8.74. The van der Waals surface area contributed by atoms with E-state index in [1.165, 1.54) is 21.9 Å². The number of aryl methyl sites for hydroxylation is 1. The zero-order chi connectivity index (χ0) is 12.5. The maximum absolute atomic E-state index is 4.69. The van der Waals surface area contributed by atoms with Crippen molar-refractivity contribution >= 4 is 33.4 Å². The molecule has 2 aromatic carbocycles. The van der Waals surface area contributed by atoms with E-state index in [1.807, 2.05) is 0 Å². The Bertz CT molecular complexity index is 702. The molecule has 0 saturated heterocycles. The van der Waals surface area contributed by atoms with E-state index < -0.39 is 0 Å². The molecule has 3 rings (SSSR count). The average molecular weight is 345 g/mol. The third kappa shape index (κ3) is 2.12. The molecule has 0 amide bonds. The fourth-order valence-electron chi connectivity index (χ4n) is 2.03. The second-order valence-electron chi connectivity index (χ2n) is 4.39. The predicted octanol–water partition coefficient (Wildman–Crippen LogP) is 4.81. The van der Waals surface area contributed by atoms with Gasteiger partial charge in [-0.2, -0.15) is 0 Å². The molecule has 1 aromatic heterocycles. The topological polar surface area (TPSA) is 12.9 Å². The fourth-order valence-corrected chi connectivity index (χ4v) is 2.78. The van der Waals surface area contributed by atoms with Gasteiger partial charge in [0.15, 0.2) is 0 Å². The molecule has 0 spiro atoms. The smallest absolute Gasteiger partial charge is 0.109 e. The summed E-state index contributed by atoms with van der Waals surface area (Å²) in [5.74, 6) is 0. The van der Waals surface area contributed by atoms with Gasteiger partial charge in [-0.3, -0.25) is 0 Å². The molecular weight excluding hydrogens is 333 g/mol. The molecule has 88 valence electrons. The summed E-state index contributed by atoms with van der Waals surface area (Å²) in [6, 6.07) is 19.0. The van der Waals surface area contributed by atoms with Crippen LogP contribution >= 0.6 is 22.6 Å². The van der Waals surface area contributed by atoms with Crippen molar-refractivity contribution in [3.63, 3.8) is 0 Å². The standard InChI is InChI=1S/C16H12IN/c1-11-6-8-12(9-7-11)15-10-13-4-2-3-5-14(13)16(17)18-15/h2-10H,1H3. The van der Waals surface area contributed by atoms with Crippen LogP contribution < -0.4 is 0 Å². The van der Waals surface area contributed by atoms with Crippen LogP contribution in [0.15, 0.2) is 54.6 Å². The molecule has 0 radical (unpaired) electrons. The van der Waals surface area contributed by atoms with Crippen molar-refractivity contribution in [2.24, 2.45) is 0 Å². The SMILES string of the molecule is Cc1ccc(-c2cc3ccccc3c(I)n2)cc1. The Morgan fingerprint density at radius 2 is 1.67 bits per heavy atom. The zero-order valence-corrected chi connectivity index (χ0v) is 12.2. The van der Waals surface area contributed by atoms with Gasteiger partial charge in [-0.1, -0.05) is 54.1 Å². The highest BCUT2D eigenvalue weighted by Gasteiger charge is 2.05. The van der Waals surface area contributed by atoms with Crippen LogP contribution in [0.4, 0.5) is 0 Å². The first kappa shape index (κ1) is 11.7. The lowest BCUT2D eigenvalue weighted by Crippen LogP contribution is -1.89. The molecule has 0 aliphatic rings. The van der Waals surface area contributed by atoms with Crippen molar-refractivity contribution in [2.45, 2.75) is 6.92 Å². The van der Waals surface area contributed by atoms with Crippen LogP contribution in [0.25, 0.3) is 22.0 Å². The first-order valence-corrected chi connectivity index (χ1v) is 6.94. The molecule has 1 heterocycles. The van der Waals surface area contributed by atoms with Gasteiger partial charge in [0.1, 0.15) is 3.70 Å².